The summed E-state index contributed by atoms with van der Waals surface area (Å²) < 4.78 is 10.4. The molecule has 0 saturated carbocycles. The van der Waals surface area contributed by atoms with Crippen LogP contribution in [0.3, 0.4) is 0 Å². The normalized spacial score (nSPS) is 10.4. The van der Waals surface area contributed by atoms with E-state index in [4.69, 9.17) is 9.47 Å². The standard InChI is InChI=1S/C25H27N7O2/c1-33-21-10-6-18(7-11-21)15-27-23-30-24(28-16-19-8-12-22(34-2)13-9-19)32-25(31-23)29-17-20-5-3-4-14-26-20/h3-14H,15-17H2,1-2H3,(H3,27,28,29,30,31,32). The quantitative estimate of drug-likeness (QED) is 0.307. The molecule has 0 unspecified atom stereocenters. The predicted octanol–water partition coefficient (Wildman–Crippen LogP) is 4.12. The van der Waals surface area contributed by atoms with E-state index < -0.39 is 0 Å². The Morgan fingerprint density at radius 2 is 1.06 bits per heavy atom. The van der Waals surface area contributed by atoms with E-state index in [1.54, 1.807) is 20.4 Å². The van der Waals surface area contributed by atoms with Crippen LogP contribution >= 0.6 is 0 Å². The van der Waals surface area contributed by atoms with E-state index in [1.165, 1.54) is 0 Å². The van der Waals surface area contributed by atoms with Crippen LogP contribution in [0.2, 0.25) is 0 Å². The second-order valence-electron chi connectivity index (χ2n) is 7.38. The maximum Gasteiger partial charge on any atom is 0.229 e. The molecule has 0 aliphatic carbocycles. The Kier molecular flexibility index (Phi) is 7.68. The second-order valence-corrected chi connectivity index (χ2v) is 7.38. The van der Waals surface area contributed by atoms with E-state index in [0.717, 1.165) is 28.3 Å². The Morgan fingerprint density at radius 3 is 1.47 bits per heavy atom. The predicted molar refractivity (Wildman–Crippen MR) is 132 cm³/mol. The van der Waals surface area contributed by atoms with Gasteiger partial charge in [-0.05, 0) is 47.5 Å². The van der Waals surface area contributed by atoms with Crippen molar-refractivity contribution in [3.63, 3.8) is 0 Å². The number of hydrogen-bond acceptors (Lipinski definition) is 9. The van der Waals surface area contributed by atoms with E-state index in [0.29, 0.717) is 37.5 Å². The molecule has 174 valence electrons. The van der Waals surface area contributed by atoms with Crippen LogP contribution in [0.25, 0.3) is 0 Å². The van der Waals surface area contributed by atoms with Crippen molar-refractivity contribution in [1.29, 1.82) is 0 Å². The molecule has 0 amide bonds. The topological polar surface area (TPSA) is 106 Å². The molecule has 0 fully saturated rings. The molecular formula is C25H27N7O2. The van der Waals surface area contributed by atoms with Gasteiger partial charge in [-0.25, -0.2) is 0 Å². The molecule has 0 aliphatic heterocycles. The molecular weight excluding hydrogens is 430 g/mol. The number of nitrogens with one attached hydrogen (secondary N) is 3. The molecule has 0 spiro atoms. The van der Waals surface area contributed by atoms with Crippen LogP contribution in [0.1, 0.15) is 16.8 Å². The molecule has 34 heavy (non-hydrogen) atoms. The molecule has 0 saturated heterocycles. The molecule has 0 bridgehead atoms. The lowest BCUT2D eigenvalue weighted by atomic mass is 10.2. The largest absolute Gasteiger partial charge is 0.497 e. The van der Waals surface area contributed by atoms with E-state index in [9.17, 15) is 0 Å². The molecule has 2 aromatic carbocycles. The lowest BCUT2D eigenvalue weighted by molar-refractivity contribution is 0.414. The number of benzene rings is 2. The third-order valence-electron chi connectivity index (χ3n) is 5.01. The van der Waals surface area contributed by atoms with Crippen LogP contribution in [0.4, 0.5) is 17.8 Å². The average molecular weight is 458 g/mol. The number of anilines is 3. The van der Waals surface area contributed by atoms with Crippen LogP contribution < -0.4 is 25.4 Å². The number of ether oxygens (including phenoxy) is 2. The second kappa shape index (κ2) is 11.5. The summed E-state index contributed by atoms with van der Waals surface area (Å²) in [6.07, 6.45) is 1.76. The van der Waals surface area contributed by atoms with Gasteiger partial charge >= 0.3 is 0 Å². The van der Waals surface area contributed by atoms with Crippen molar-refractivity contribution in [2.45, 2.75) is 19.6 Å². The molecule has 0 aliphatic rings. The van der Waals surface area contributed by atoms with E-state index in [1.807, 2.05) is 66.7 Å². The molecule has 0 atom stereocenters. The Balaban J connectivity index is 1.46. The highest BCUT2D eigenvalue weighted by atomic mass is 16.5. The van der Waals surface area contributed by atoms with Crippen LogP contribution in [0, 0.1) is 0 Å². The number of methoxy groups -OCH3 is 2. The zero-order chi connectivity index (χ0) is 23.6. The summed E-state index contributed by atoms with van der Waals surface area (Å²) in [6, 6.07) is 21.4. The smallest absolute Gasteiger partial charge is 0.229 e. The fourth-order valence-corrected chi connectivity index (χ4v) is 3.13. The molecule has 4 rings (SSSR count). The third kappa shape index (κ3) is 6.55. The van der Waals surface area contributed by atoms with Crippen molar-refractivity contribution < 1.29 is 9.47 Å². The van der Waals surface area contributed by atoms with Crippen molar-refractivity contribution in [2.75, 3.05) is 30.2 Å². The van der Waals surface area contributed by atoms with Gasteiger partial charge in [0.25, 0.3) is 0 Å². The summed E-state index contributed by atoms with van der Waals surface area (Å²) in [7, 11) is 3.30. The van der Waals surface area contributed by atoms with Crippen molar-refractivity contribution >= 4 is 17.8 Å². The van der Waals surface area contributed by atoms with Crippen LogP contribution in [0.15, 0.2) is 72.9 Å². The SMILES string of the molecule is COc1ccc(CNc2nc(NCc3ccc(OC)cc3)nc(NCc3ccccn3)n2)cc1. The highest BCUT2D eigenvalue weighted by molar-refractivity contribution is 5.43. The highest BCUT2D eigenvalue weighted by Gasteiger charge is 2.08. The number of rotatable bonds is 11. The van der Waals surface area contributed by atoms with Gasteiger partial charge in [-0.15, -0.1) is 0 Å². The summed E-state index contributed by atoms with van der Waals surface area (Å²) in [4.78, 5) is 17.9. The van der Waals surface area contributed by atoms with Gasteiger partial charge in [0, 0.05) is 19.3 Å². The zero-order valence-electron chi connectivity index (χ0n) is 19.2. The zero-order valence-corrected chi connectivity index (χ0v) is 19.2. The summed E-state index contributed by atoms with van der Waals surface area (Å²) in [5, 5.41) is 9.78. The van der Waals surface area contributed by atoms with E-state index in [2.05, 4.69) is 35.9 Å². The molecule has 9 heteroatoms. The minimum Gasteiger partial charge on any atom is -0.497 e. The van der Waals surface area contributed by atoms with Crippen molar-refractivity contribution in [2.24, 2.45) is 0 Å². The lowest BCUT2D eigenvalue weighted by Crippen LogP contribution is -2.13. The van der Waals surface area contributed by atoms with Gasteiger partial charge in [-0.3, -0.25) is 4.98 Å². The third-order valence-corrected chi connectivity index (χ3v) is 5.01. The van der Waals surface area contributed by atoms with Crippen molar-refractivity contribution in [1.82, 2.24) is 19.9 Å². The average Bonchev–Trinajstić information content (AvgIpc) is 2.90. The Bertz CT molecular complexity index is 1100. The Hall–Kier alpha value is -4.40. The molecule has 2 heterocycles. The number of aromatic nitrogens is 4. The molecule has 4 aromatic rings. The Morgan fingerprint density at radius 1 is 0.588 bits per heavy atom. The first-order chi connectivity index (χ1) is 16.7. The minimum absolute atomic E-state index is 0.454. The van der Waals surface area contributed by atoms with E-state index in [-0.39, 0.29) is 0 Å². The number of pyridine rings is 1. The summed E-state index contributed by atoms with van der Waals surface area (Å²) in [5.74, 6) is 3.01. The first-order valence-corrected chi connectivity index (χ1v) is 10.9. The van der Waals surface area contributed by atoms with Gasteiger partial charge in [-0.1, -0.05) is 30.3 Å². The van der Waals surface area contributed by atoms with E-state index >= 15 is 0 Å². The molecule has 2 aromatic heterocycles. The maximum atomic E-state index is 5.22. The van der Waals surface area contributed by atoms with Gasteiger partial charge in [0.2, 0.25) is 17.8 Å². The summed E-state index contributed by atoms with van der Waals surface area (Å²) in [5.41, 5.74) is 3.05. The molecule has 0 radical (unpaired) electrons. The summed E-state index contributed by atoms with van der Waals surface area (Å²) >= 11 is 0. The minimum atomic E-state index is 0.454. The van der Waals surface area contributed by atoms with Crippen LogP contribution in [0.5, 0.6) is 11.5 Å². The molecule has 3 N–H and O–H groups in total. The van der Waals surface area contributed by atoms with Gasteiger partial charge in [0.1, 0.15) is 11.5 Å². The van der Waals surface area contributed by atoms with Gasteiger partial charge in [0.15, 0.2) is 0 Å². The van der Waals surface area contributed by atoms with Crippen LogP contribution in [-0.4, -0.2) is 34.2 Å². The van der Waals surface area contributed by atoms with Gasteiger partial charge in [-0.2, -0.15) is 15.0 Å². The number of nitrogens with zero attached hydrogens (tertiary/aromatic N) is 4. The fraction of sp³-hybridized carbons (Fsp3) is 0.200. The number of hydrogen-bond donors (Lipinski definition) is 3. The monoisotopic (exact) mass is 457 g/mol. The van der Waals surface area contributed by atoms with Crippen LogP contribution in [-0.2, 0) is 19.6 Å². The van der Waals surface area contributed by atoms with Crippen molar-refractivity contribution in [3.05, 3.63) is 89.7 Å². The first kappa shape index (κ1) is 22.8. The summed E-state index contributed by atoms with van der Waals surface area (Å²) in [6.45, 7) is 1.62. The Labute approximate surface area is 198 Å². The van der Waals surface area contributed by atoms with Gasteiger partial charge < -0.3 is 25.4 Å². The fourth-order valence-electron chi connectivity index (χ4n) is 3.13. The maximum absolute atomic E-state index is 5.22. The van der Waals surface area contributed by atoms with Gasteiger partial charge in [0.05, 0.1) is 26.5 Å². The van der Waals surface area contributed by atoms with Crippen molar-refractivity contribution in [3.8, 4) is 11.5 Å². The lowest BCUT2D eigenvalue weighted by Gasteiger charge is -2.12. The first-order valence-electron chi connectivity index (χ1n) is 10.9. The highest BCUT2D eigenvalue weighted by Crippen LogP contribution is 2.16. The molecule has 9 nitrogen and oxygen atoms in total.